The van der Waals surface area contributed by atoms with Crippen molar-refractivity contribution < 1.29 is 9.90 Å². The normalized spacial score (nSPS) is 12.1. The first-order valence-corrected chi connectivity index (χ1v) is 7.56. The zero-order valence-electron chi connectivity index (χ0n) is 12.5. The third-order valence-corrected chi connectivity index (χ3v) is 3.89. The van der Waals surface area contributed by atoms with Gasteiger partial charge in [-0.2, -0.15) is 0 Å². The van der Waals surface area contributed by atoms with Crippen molar-refractivity contribution >= 4 is 28.4 Å². The molecule has 0 spiro atoms. The molecule has 3 aromatic rings. The number of nitrogens with zero attached hydrogens (tertiary/aromatic N) is 1. The van der Waals surface area contributed by atoms with Gasteiger partial charge in [-0.15, -0.1) is 0 Å². The first-order valence-electron chi connectivity index (χ1n) is 7.18. The van der Waals surface area contributed by atoms with E-state index in [-0.39, 0.29) is 17.7 Å². The topological polar surface area (TPSA) is 62.2 Å². The van der Waals surface area contributed by atoms with E-state index in [0.29, 0.717) is 16.1 Å². The Balaban J connectivity index is 1.83. The summed E-state index contributed by atoms with van der Waals surface area (Å²) in [5.74, 6) is -0.158. The van der Waals surface area contributed by atoms with Crippen LogP contribution in [-0.4, -0.2) is 16.0 Å². The number of halogens is 1. The molecule has 2 N–H and O–H groups in total. The molecule has 0 fully saturated rings. The monoisotopic (exact) mass is 326 g/mol. The minimum atomic E-state index is -0.382. The molecular formula is C18H15ClN2O2. The summed E-state index contributed by atoms with van der Waals surface area (Å²) in [5.41, 5.74) is 1.88. The molecule has 0 saturated carbocycles. The predicted octanol–water partition coefficient (Wildman–Crippen LogP) is 4.08. The fraction of sp³-hybridized carbons (Fsp3) is 0.111. The van der Waals surface area contributed by atoms with Crippen LogP contribution in [0.25, 0.3) is 10.9 Å². The van der Waals surface area contributed by atoms with Gasteiger partial charge in [0.25, 0.3) is 5.91 Å². The molecule has 5 heteroatoms. The molecule has 0 aliphatic rings. The van der Waals surface area contributed by atoms with Crippen molar-refractivity contribution in [3.05, 3.63) is 70.9 Å². The summed E-state index contributed by atoms with van der Waals surface area (Å²) < 4.78 is 0. The summed E-state index contributed by atoms with van der Waals surface area (Å²) in [7, 11) is 0. The maximum atomic E-state index is 12.4. The third kappa shape index (κ3) is 3.27. The van der Waals surface area contributed by atoms with Crippen molar-refractivity contribution in [2.45, 2.75) is 13.0 Å². The first kappa shape index (κ1) is 15.3. The molecule has 1 amide bonds. The number of aromatic nitrogens is 1. The van der Waals surface area contributed by atoms with Gasteiger partial charge in [-0.25, -0.2) is 0 Å². The summed E-state index contributed by atoms with van der Waals surface area (Å²) in [6, 6.07) is 13.8. The van der Waals surface area contributed by atoms with E-state index in [1.165, 1.54) is 6.07 Å². The van der Waals surface area contributed by atoms with E-state index in [4.69, 9.17) is 11.6 Å². The van der Waals surface area contributed by atoms with Crippen LogP contribution in [0, 0.1) is 0 Å². The van der Waals surface area contributed by atoms with Crippen molar-refractivity contribution in [3.63, 3.8) is 0 Å². The average molecular weight is 327 g/mol. The Morgan fingerprint density at radius 1 is 1.22 bits per heavy atom. The second-order valence-corrected chi connectivity index (χ2v) is 5.75. The van der Waals surface area contributed by atoms with Gasteiger partial charge in [-0.05, 0) is 37.3 Å². The molecule has 1 atom stereocenters. The zero-order valence-corrected chi connectivity index (χ0v) is 13.2. The molecule has 1 aromatic heterocycles. The Bertz CT molecular complexity index is 880. The number of carbonyl (C=O) groups is 1. The molecule has 1 unspecified atom stereocenters. The zero-order chi connectivity index (χ0) is 16.4. The van der Waals surface area contributed by atoms with E-state index < -0.39 is 0 Å². The Hall–Kier alpha value is -2.59. The Morgan fingerprint density at radius 2 is 2.00 bits per heavy atom. The molecule has 0 bridgehead atoms. The largest absolute Gasteiger partial charge is 0.508 e. The summed E-state index contributed by atoms with van der Waals surface area (Å²) >= 11 is 5.95. The molecule has 0 aliphatic heterocycles. The van der Waals surface area contributed by atoms with Gasteiger partial charge in [-0.1, -0.05) is 29.8 Å². The van der Waals surface area contributed by atoms with Crippen molar-refractivity contribution in [3.8, 4) is 5.75 Å². The molecule has 1 heterocycles. The number of hydrogen-bond donors (Lipinski definition) is 2. The van der Waals surface area contributed by atoms with Gasteiger partial charge in [0.1, 0.15) is 5.75 Å². The van der Waals surface area contributed by atoms with Crippen LogP contribution in [-0.2, 0) is 0 Å². The van der Waals surface area contributed by atoms with Crippen molar-refractivity contribution in [1.82, 2.24) is 10.3 Å². The minimum Gasteiger partial charge on any atom is -0.508 e. The third-order valence-electron chi connectivity index (χ3n) is 3.66. The second-order valence-electron chi connectivity index (χ2n) is 5.31. The maximum absolute atomic E-state index is 12.4. The first-order chi connectivity index (χ1) is 11.0. The number of para-hydroxylation sites is 1. The van der Waals surface area contributed by atoms with Crippen LogP contribution < -0.4 is 5.32 Å². The van der Waals surface area contributed by atoms with Crippen molar-refractivity contribution in [2.24, 2.45) is 0 Å². The molecular weight excluding hydrogens is 312 g/mol. The maximum Gasteiger partial charge on any atom is 0.253 e. The lowest BCUT2D eigenvalue weighted by atomic mass is 10.1. The Labute approximate surface area is 138 Å². The highest BCUT2D eigenvalue weighted by atomic mass is 35.5. The van der Waals surface area contributed by atoms with Gasteiger partial charge in [-0.3, -0.25) is 9.78 Å². The number of phenolic OH excluding ortho intramolecular Hbond substituents is 1. The molecule has 23 heavy (non-hydrogen) atoms. The van der Waals surface area contributed by atoms with Gasteiger partial charge >= 0.3 is 0 Å². The van der Waals surface area contributed by atoms with Crippen LogP contribution in [0.15, 0.2) is 54.7 Å². The Kier molecular flexibility index (Phi) is 4.17. The predicted molar refractivity (Wildman–Crippen MR) is 90.7 cm³/mol. The summed E-state index contributed by atoms with van der Waals surface area (Å²) in [6.07, 6.45) is 1.54. The van der Waals surface area contributed by atoms with Crippen LogP contribution in [0.5, 0.6) is 5.75 Å². The van der Waals surface area contributed by atoms with Crippen LogP contribution >= 0.6 is 11.6 Å². The molecule has 116 valence electrons. The summed E-state index contributed by atoms with van der Waals surface area (Å²) in [5, 5.41) is 14.2. The highest BCUT2D eigenvalue weighted by Gasteiger charge is 2.15. The fourth-order valence-corrected chi connectivity index (χ4v) is 2.61. The van der Waals surface area contributed by atoms with Crippen LogP contribution in [0.4, 0.5) is 0 Å². The van der Waals surface area contributed by atoms with Crippen molar-refractivity contribution in [2.75, 3.05) is 0 Å². The van der Waals surface area contributed by atoms with Gasteiger partial charge in [0, 0.05) is 22.2 Å². The molecule has 3 rings (SSSR count). The smallest absolute Gasteiger partial charge is 0.253 e. The van der Waals surface area contributed by atoms with Gasteiger partial charge < -0.3 is 10.4 Å². The number of aromatic hydroxyl groups is 1. The highest BCUT2D eigenvalue weighted by Crippen LogP contribution is 2.27. The lowest BCUT2D eigenvalue weighted by molar-refractivity contribution is 0.0939. The van der Waals surface area contributed by atoms with Gasteiger partial charge in [0.05, 0.1) is 17.1 Å². The van der Waals surface area contributed by atoms with E-state index in [1.54, 1.807) is 31.3 Å². The van der Waals surface area contributed by atoms with Gasteiger partial charge in [0.2, 0.25) is 0 Å². The number of phenols is 1. The average Bonchev–Trinajstić information content (AvgIpc) is 2.56. The highest BCUT2D eigenvalue weighted by molar-refractivity contribution is 6.30. The number of benzene rings is 2. The molecule has 2 aromatic carbocycles. The van der Waals surface area contributed by atoms with Crippen molar-refractivity contribution in [1.29, 1.82) is 0 Å². The number of hydrogen-bond acceptors (Lipinski definition) is 3. The fourth-order valence-electron chi connectivity index (χ4n) is 2.43. The SMILES string of the molecule is CC(NC(=O)c1cnc2ccccc2c1)c1cc(Cl)ccc1O. The lowest BCUT2D eigenvalue weighted by Gasteiger charge is -2.16. The number of carbonyl (C=O) groups excluding carboxylic acids is 1. The quantitative estimate of drug-likeness (QED) is 0.762. The number of nitrogens with one attached hydrogen (secondary N) is 1. The van der Waals surface area contributed by atoms with Gasteiger partial charge in [0.15, 0.2) is 0 Å². The van der Waals surface area contributed by atoms with Crippen LogP contribution in [0.2, 0.25) is 5.02 Å². The molecule has 0 radical (unpaired) electrons. The summed E-state index contributed by atoms with van der Waals surface area (Å²) in [4.78, 5) is 16.7. The molecule has 0 aliphatic carbocycles. The second kappa shape index (κ2) is 6.26. The number of amides is 1. The Morgan fingerprint density at radius 3 is 2.83 bits per heavy atom. The van der Waals surface area contributed by atoms with E-state index in [1.807, 2.05) is 24.3 Å². The standard InChI is InChI=1S/C18H15ClN2O2/c1-11(15-9-14(19)6-7-17(15)22)21-18(23)13-8-12-4-2-3-5-16(12)20-10-13/h2-11,22H,1H3,(H,21,23). The number of rotatable bonds is 3. The molecule has 0 saturated heterocycles. The lowest BCUT2D eigenvalue weighted by Crippen LogP contribution is -2.26. The number of pyridine rings is 1. The van der Waals surface area contributed by atoms with E-state index in [0.717, 1.165) is 10.9 Å². The van der Waals surface area contributed by atoms with E-state index in [2.05, 4.69) is 10.3 Å². The van der Waals surface area contributed by atoms with Crippen LogP contribution in [0.3, 0.4) is 0 Å². The molecule has 4 nitrogen and oxygen atoms in total. The van der Waals surface area contributed by atoms with E-state index >= 15 is 0 Å². The van der Waals surface area contributed by atoms with E-state index in [9.17, 15) is 9.90 Å². The van der Waals surface area contributed by atoms with Crippen LogP contribution in [0.1, 0.15) is 28.9 Å². The summed E-state index contributed by atoms with van der Waals surface area (Å²) in [6.45, 7) is 1.79. The number of fused-ring (bicyclic) bond motifs is 1. The minimum absolute atomic E-state index is 0.0961.